The smallest absolute Gasteiger partial charge is 0.0477 e. The van der Waals surface area contributed by atoms with Crippen LogP contribution in [-0.2, 0) is 11.3 Å². The van der Waals surface area contributed by atoms with Crippen LogP contribution in [-0.4, -0.2) is 43.8 Å². The van der Waals surface area contributed by atoms with E-state index in [-0.39, 0.29) is 0 Å². The van der Waals surface area contributed by atoms with Gasteiger partial charge in [0.1, 0.15) is 0 Å². The van der Waals surface area contributed by atoms with Gasteiger partial charge in [-0.1, -0.05) is 0 Å². The lowest BCUT2D eigenvalue weighted by atomic mass is 10.3. The highest BCUT2D eigenvalue weighted by molar-refractivity contribution is 7.07. The summed E-state index contributed by atoms with van der Waals surface area (Å²) in [4.78, 5) is 2.62. The van der Waals surface area contributed by atoms with Crippen molar-refractivity contribution < 1.29 is 4.74 Å². The second-order valence-corrected chi connectivity index (χ2v) is 5.91. The number of rotatable bonds is 11. The molecule has 0 atom stereocenters. The van der Waals surface area contributed by atoms with Crippen LogP contribution in [0.3, 0.4) is 0 Å². The molecule has 1 aliphatic carbocycles. The molecule has 1 N–H and O–H groups in total. The van der Waals surface area contributed by atoms with Gasteiger partial charge in [0.2, 0.25) is 0 Å². The molecule has 1 saturated carbocycles. The van der Waals surface area contributed by atoms with Crippen molar-refractivity contribution in [3.8, 4) is 0 Å². The summed E-state index contributed by atoms with van der Waals surface area (Å²) in [5.74, 6) is 0. The van der Waals surface area contributed by atoms with Gasteiger partial charge in [-0.2, -0.15) is 11.3 Å². The van der Waals surface area contributed by atoms with Crippen molar-refractivity contribution in [2.75, 3.05) is 32.8 Å². The quantitative estimate of drug-likeness (QED) is 0.632. The van der Waals surface area contributed by atoms with Gasteiger partial charge in [0.05, 0.1) is 0 Å². The van der Waals surface area contributed by atoms with Gasteiger partial charge in [-0.15, -0.1) is 0 Å². The first kappa shape index (κ1) is 15.0. The molecule has 19 heavy (non-hydrogen) atoms. The minimum atomic E-state index is 0.829. The van der Waals surface area contributed by atoms with Crippen LogP contribution >= 0.6 is 11.3 Å². The number of ether oxygens (including phenoxy) is 1. The van der Waals surface area contributed by atoms with Crippen molar-refractivity contribution in [1.29, 1.82) is 0 Å². The highest BCUT2D eigenvalue weighted by atomic mass is 32.1. The molecule has 0 amide bonds. The third-order valence-corrected chi connectivity index (χ3v) is 4.18. The molecule has 0 unspecified atom stereocenters. The summed E-state index contributed by atoms with van der Waals surface area (Å²) in [5, 5.41) is 7.96. The monoisotopic (exact) mass is 282 g/mol. The summed E-state index contributed by atoms with van der Waals surface area (Å²) in [6.07, 6.45) is 3.88. The Morgan fingerprint density at radius 2 is 2.32 bits per heavy atom. The van der Waals surface area contributed by atoms with Gasteiger partial charge in [-0.05, 0) is 55.1 Å². The molecule has 0 radical (unpaired) electrons. The molecule has 0 aromatic carbocycles. The highest BCUT2D eigenvalue weighted by Crippen LogP contribution is 2.28. The Morgan fingerprint density at radius 1 is 1.42 bits per heavy atom. The molecule has 3 nitrogen and oxygen atoms in total. The highest BCUT2D eigenvalue weighted by Gasteiger charge is 2.28. The Balaban J connectivity index is 1.56. The molecule has 0 bridgehead atoms. The first-order valence-electron chi connectivity index (χ1n) is 7.43. The van der Waals surface area contributed by atoms with Crippen LogP contribution in [0.25, 0.3) is 0 Å². The molecule has 0 spiro atoms. The van der Waals surface area contributed by atoms with Crippen molar-refractivity contribution in [2.24, 2.45) is 0 Å². The molecular weight excluding hydrogens is 256 g/mol. The summed E-state index contributed by atoms with van der Waals surface area (Å²) in [5.41, 5.74) is 1.47. The van der Waals surface area contributed by atoms with Crippen LogP contribution in [0.2, 0.25) is 0 Å². The molecule has 108 valence electrons. The van der Waals surface area contributed by atoms with Gasteiger partial charge in [0.25, 0.3) is 0 Å². The third-order valence-electron chi connectivity index (χ3n) is 3.45. The fourth-order valence-corrected chi connectivity index (χ4v) is 2.90. The lowest BCUT2D eigenvalue weighted by Crippen LogP contribution is -2.33. The zero-order valence-corrected chi connectivity index (χ0v) is 12.8. The summed E-state index contributed by atoms with van der Waals surface area (Å²) in [6.45, 7) is 8.19. The Labute approximate surface area is 121 Å². The van der Waals surface area contributed by atoms with Crippen LogP contribution < -0.4 is 5.32 Å². The second kappa shape index (κ2) is 8.69. The predicted molar refractivity (Wildman–Crippen MR) is 81.7 cm³/mol. The van der Waals surface area contributed by atoms with Crippen LogP contribution in [0.1, 0.15) is 31.7 Å². The molecule has 0 aliphatic heterocycles. The van der Waals surface area contributed by atoms with E-state index in [1.54, 1.807) is 11.3 Å². The SMILES string of the molecule is CCOCCCNCCN(Cc1ccsc1)C1CC1. The van der Waals surface area contributed by atoms with Crippen molar-refractivity contribution in [2.45, 2.75) is 38.8 Å². The van der Waals surface area contributed by atoms with E-state index in [4.69, 9.17) is 4.74 Å². The van der Waals surface area contributed by atoms with Crippen LogP contribution in [0, 0.1) is 0 Å². The van der Waals surface area contributed by atoms with E-state index in [9.17, 15) is 0 Å². The Morgan fingerprint density at radius 3 is 3.00 bits per heavy atom. The van der Waals surface area contributed by atoms with Gasteiger partial charge in [0.15, 0.2) is 0 Å². The molecule has 1 fully saturated rings. The molecule has 4 heteroatoms. The van der Waals surface area contributed by atoms with Crippen LogP contribution in [0.5, 0.6) is 0 Å². The van der Waals surface area contributed by atoms with Gasteiger partial charge in [0, 0.05) is 38.9 Å². The summed E-state index contributed by atoms with van der Waals surface area (Å²) >= 11 is 1.80. The average Bonchev–Trinajstić information content (AvgIpc) is 3.14. The summed E-state index contributed by atoms with van der Waals surface area (Å²) < 4.78 is 5.33. The van der Waals surface area contributed by atoms with E-state index in [0.717, 1.165) is 51.9 Å². The van der Waals surface area contributed by atoms with Crippen molar-refractivity contribution >= 4 is 11.3 Å². The average molecular weight is 282 g/mol. The maximum atomic E-state index is 5.33. The number of hydrogen-bond donors (Lipinski definition) is 1. The Kier molecular flexibility index (Phi) is 6.85. The van der Waals surface area contributed by atoms with E-state index in [2.05, 4.69) is 27.0 Å². The second-order valence-electron chi connectivity index (χ2n) is 5.13. The fraction of sp³-hybridized carbons (Fsp3) is 0.733. The molecule has 1 aromatic rings. The zero-order valence-electron chi connectivity index (χ0n) is 11.9. The molecule has 0 saturated heterocycles. The minimum Gasteiger partial charge on any atom is -0.382 e. The normalized spacial score (nSPS) is 15.3. The molecule has 2 rings (SSSR count). The van der Waals surface area contributed by atoms with E-state index >= 15 is 0 Å². The largest absolute Gasteiger partial charge is 0.382 e. The first-order chi connectivity index (χ1) is 9.40. The van der Waals surface area contributed by atoms with Crippen molar-refractivity contribution in [1.82, 2.24) is 10.2 Å². The molecule has 1 aromatic heterocycles. The number of nitrogens with one attached hydrogen (secondary N) is 1. The third kappa shape index (κ3) is 6.04. The van der Waals surface area contributed by atoms with E-state index in [1.807, 2.05) is 6.92 Å². The van der Waals surface area contributed by atoms with Gasteiger partial charge in [-0.25, -0.2) is 0 Å². The van der Waals surface area contributed by atoms with Gasteiger partial charge in [-0.3, -0.25) is 4.90 Å². The first-order valence-corrected chi connectivity index (χ1v) is 8.38. The maximum Gasteiger partial charge on any atom is 0.0477 e. The lowest BCUT2D eigenvalue weighted by molar-refractivity contribution is 0.144. The fourth-order valence-electron chi connectivity index (χ4n) is 2.24. The Bertz CT molecular complexity index is 325. The lowest BCUT2D eigenvalue weighted by Gasteiger charge is -2.21. The van der Waals surface area contributed by atoms with Gasteiger partial charge >= 0.3 is 0 Å². The van der Waals surface area contributed by atoms with Crippen molar-refractivity contribution in [3.63, 3.8) is 0 Å². The molecule has 1 aliphatic rings. The van der Waals surface area contributed by atoms with Gasteiger partial charge < -0.3 is 10.1 Å². The van der Waals surface area contributed by atoms with E-state index in [0.29, 0.717) is 0 Å². The summed E-state index contributed by atoms with van der Waals surface area (Å²) in [6, 6.07) is 3.08. The van der Waals surface area contributed by atoms with E-state index < -0.39 is 0 Å². The number of thiophene rings is 1. The standard InChI is InChI=1S/C15H26N2OS/c1-2-18-10-3-7-16-8-9-17(15-4-5-15)12-14-6-11-19-13-14/h6,11,13,15-16H,2-5,7-10,12H2,1H3. The Hall–Kier alpha value is -0.420. The number of hydrogen-bond acceptors (Lipinski definition) is 4. The topological polar surface area (TPSA) is 24.5 Å². The van der Waals surface area contributed by atoms with Crippen LogP contribution in [0.4, 0.5) is 0 Å². The van der Waals surface area contributed by atoms with E-state index in [1.165, 1.54) is 18.4 Å². The predicted octanol–water partition coefficient (Wildman–Crippen LogP) is 2.73. The zero-order chi connectivity index (χ0) is 13.3. The number of nitrogens with zero attached hydrogens (tertiary/aromatic N) is 1. The molecular formula is C15H26N2OS. The minimum absolute atomic E-state index is 0.829. The maximum absolute atomic E-state index is 5.33. The van der Waals surface area contributed by atoms with Crippen molar-refractivity contribution in [3.05, 3.63) is 22.4 Å². The van der Waals surface area contributed by atoms with Crippen LogP contribution in [0.15, 0.2) is 16.8 Å². The molecule has 1 heterocycles. The summed E-state index contributed by atoms with van der Waals surface area (Å²) in [7, 11) is 0.